The van der Waals surface area contributed by atoms with Crippen molar-refractivity contribution in [2.75, 3.05) is 13.2 Å². The first-order valence-corrected chi connectivity index (χ1v) is 6.39. The van der Waals surface area contributed by atoms with Crippen LogP contribution in [0.1, 0.15) is 33.1 Å². The lowest BCUT2D eigenvalue weighted by Gasteiger charge is -2.38. The van der Waals surface area contributed by atoms with E-state index in [9.17, 15) is 9.59 Å². The van der Waals surface area contributed by atoms with E-state index in [1.165, 1.54) is 0 Å². The fraction of sp³-hybridized carbons (Fsp3) is 0.750. The summed E-state index contributed by atoms with van der Waals surface area (Å²) < 4.78 is 5.56. The summed E-state index contributed by atoms with van der Waals surface area (Å²) in [6.45, 7) is 5.15. The Balaban J connectivity index is 2.08. The summed E-state index contributed by atoms with van der Waals surface area (Å²) >= 11 is 0. The molecule has 0 aromatic rings. The first-order valence-electron chi connectivity index (χ1n) is 6.39. The smallest absolute Gasteiger partial charge is 0.270 e. The van der Waals surface area contributed by atoms with Crippen molar-refractivity contribution in [3.05, 3.63) is 0 Å². The monoisotopic (exact) mass is 253 g/mol. The Hall–Kier alpha value is -1.43. The van der Waals surface area contributed by atoms with Gasteiger partial charge in [-0.15, -0.1) is 0 Å². The molecule has 2 atom stereocenters. The third-order valence-corrected chi connectivity index (χ3v) is 3.35. The summed E-state index contributed by atoms with van der Waals surface area (Å²) in [5.74, 6) is -0.203. The van der Waals surface area contributed by atoms with Crippen LogP contribution in [0.5, 0.6) is 0 Å². The van der Waals surface area contributed by atoms with Crippen LogP contribution in [0.15, 0.2) is 5.10 Å². The van der Waals surface area contributed by atoms with Crippen LogP contribution >= 0.6 is 0 Å². The van der Waals surface area contributed by atoms with E-state index < -0.39 is 0 Å². The zero-order valence-corrected chi connectivity index (χ0v) is 10.8. The van der Waals surface area contributed by atoms with Crippen molar-refractivity contribution >= 4 is 17.5 Å². The van der Waals surface area contributed by atoms with E-state index in [-0.39, 0.29) is 24.0 Å². The van der Waals surface area contributed by atoms with Gasteiger partial charge in [0, 0.05) is 19.4 Å². The number of hydrazone groups is 1. The maximum Gasteiger partial charge on any atom is 0.270 e. The lowest BCUT2D eigenvalue weighted by molar-refractivity contribution is -0.137. The second kappa shape index (κ2) is 5.48. The molecule has 1 fully saturated rings. The fourth-order valence-electron chi connectivity index (χ4n) is 2.23. The van der Waals surface area contributed by atoms with Crippen molar-refractivity contribution < 1.29 is 14.3 Å². The van der Waals surface area contributed by atoms with Crippen molar-refractivity contribution in [1.29, 1.82) is 0 Å². The normalized spacial score (nSPS) is 28.7. The molecule has 0 saturated carbocycles. The van der Waals surface area contributed by atoms with Crippen LogP contribution in [-0.4, -0.2) is 47.7 Å². The van der Waals surface area contributed by atoms with Gasteiger partial charge in [-0.2, -0.15) is 5.10 Å². The quantitative estimate of drug-likeness (QED) is 0.768. The van der Waals surface area contributed by atoms with Gasteiger partial charge >= 0.3 is 0 Å². The SMILES string of the molecule is CCC1COC(C)CN1C(=O)C1=NNC(=O)CC1. The van der Waals surface area contributed by atoms with E-state index in [1.54, 1.807) is 0 Å². The number of nitrogens with zero attached hydrogens (tertiary/aromatic N) is 2. The number of carbonyl (C=O) groups is 2. The van der Waals surface area contributed by atoms with E-state index >= 15 is 0 Å². The van der Waals surface area contributed by atoms with E-state index in [4.69, 9.17) is 4.74 Å². The number of carbonyl (C=O) groups excluding carboxylic acids is 2. The highest BCUT2D eigenvalue weighted by molar-refractivity contribution is 6.39. The Morgan fingerprint density at radius 3 is 2.94 bits per heavy atom. The maximum absolute atomic E-state index is 12.4. The Morgan fingerprint density at radius 1 is 1.56 bits per heavy atom. The number of amides is 2. The Bertz CT molecular complexity index is 381. The summed E-state index contributed by atoms with van der Waals surface area (Å²) in [4.78, 5) is 25.2. The fourth-order valence-corrected chi connectivity index (χ4v) is 2.23. The molecule has 0 radical (unpaired) electrons. The number of hydrogen-bond donors (Lipinski definition) is 1. The van der Waals surface area contributed by atoms with Crippen LogP contribution < -0.4 is 5.43 Å². The molecule has 6 heteroatoms. The third-order valence-electron chi connectivity index (χ3n) is 3.35. The van der Waals surface area contributed by atoms with Gasteiger partial charge in [-0.25, -0.2) is 5.43 Å². The van der Waals surface area contributed by atoms with E-state index in [1.807, 2.05) is 18.7 Å². The van der Waals surface area contributed by atoms with Crippen LogP contribution in [0.3, 0.4) is 0 Å². The summed E-state index contributed by atoms with van der Waals surface area (Å²) in [6.07, 6.45) is 1.67. The molecule has 2 unspecified atom stereocenters. The van der Waals surface area contributed by atoms with Gasteiger partial charge in [0.2, 0.25) is 5.91 Å². The molecular weight excluding hydrogens is 234 g/mol. The van der Waals surface area contributed by atoms with E-state index in [2.05, 4.69) is 10.5 Å². The number of rotatable bonds is 2. The molecular formula is C12H19N3O3. The molecule has 18 heavy (non-hydrogen) atoms. The Kier molecular flexibility index (Phi) is 3.96. The van der Waals surface area contributed by atoms with E-state index in [0.29, 0.717) is 31.7 Å². The molecule has 1 N–H and O–H groups in total. The molecule has 2 amide bonds. The zero-order chi connectivity index (χ0) is 13.1. The Labute approximate surface area is 106 Å². The molecule has 0 spiro atoms. The van der Waals surface area contributed by atoms with Crippen LogP contribution in [0.25, 0.3) is 0 Å². The number of morpholine rings is 1. The van der Waals surface area contributed by atoms with Gasteiger partial charge in [0.25, 0.3) is 5.91 Å². The summed E-state index contributed by atoms with van der Waals surface area (Å²) in [5, 5.41) is 3.86. The lowest BCUT2D eigenvalue weighted by Crippen LogP contribution is -2.54. The molecule has 0 aliphatic carbocycles. The predicted octanol–water partition coefficient (Wildman–Crippen LogP) is 0.278. The topological polar surface area (TPSA) is 71.0 Å². The van der Waals surface area contributed by atoms with Gasteiger partial charge < -0.3 is 9.64 Å². The van der Waals surface area contributed by atoms with Gasteiger partial charge in [0.1, 0.15) is 5.71 Å². The van der Waals surface area contributed by atoms with Crippen LogP contribution in [0.4, 0.5) is 0 Å². The molecule has 6 nitrogen and oxygen atoms in total. The number of nitrogens with one attached hydrogen (secondary N) is 1. The summed E-state index contributed by atoms with van der Waals surface area (Å²) in [5.41, 5.74) is 2.81. The van der Waals surface area contributed by atoms with Gasteiger partial charge in [0.05, 0.1) is 18.8 Å². The standard InChI is InChI=1S/C12H19N3O3/c1-3-9-7-18-8(2)6-15(9)12(17)10-4-5-11(16)14-13-10/h8-9H,3-7H2,1-2H3,(H,14,16). The van der Waals surface area contributed by atoms with Crippen molar-refractivity contribution in [2.24, 2.45) is 5.10 Å². The minimum Gasteiger partial charge on any atom is -0.375 e. The van der Waals surface area contributed by atoms with Crippen molar-refractivity contribution in [3.63, 3.8) is 0 Å². The molecule has 2 rings (SSSR count). The van der Waals surface area contributed by atoms with Gasteiger partial charge in [-0.05, 0) is 13.3 Å². The highest BCUT2D eigenvalue weighted by Crippen LogP contribution is 2.16. The number of hydrogen-bond acceptors (Lipinski definition) is 4. The third kappa shape index (κ3) is 2.69. The van der Waals surface area contributed by atoms with Crippen molar-refractivity contribution in [3.8, 4) is 0 Å². The average Bonchev–Trinajstić information content (AvgIpc) is 2.39. The van der Waals surface area contributed by atoms with Crippen LogP contribution in [0, 0.1) is 0 Å². The molecule has 0 aromatic carbocycles. The largest absolute Gasteiger partial charge is 0.375 e. The molecule has 0 bridgehead atoms. The Morgan fingerprint density at radius 2 is 2.33 bits per heavy atom. The molecule has 2 aliphatic rings. The molecule has 2 heterocycles. The first kappa shape index (κ1) is 13.0. The second-order valence-corrected chi connectivity index (χ2v) is 4.76. The molecule has 100 valence electrons. The first-order chi connectivity index (χ1) is 8.61. The minimum atomic E-state index is -0.131. The predicted molar refractivity (Wildman–Crippen MR) is 66.0 cm³/mol. The number of ether oxygens (including phenoxy) is 1. The van der Waals surface area contributed by atoms with Crippen LogP contribution in [0.2, 0.25) is 0 Å². The summed E-state index contributed by atoms with van der Waals surface area (Å²) in [7, 11) is 0. The minimum absolute atomic E-state index is 0.0514. The van der Waals surface area contributed by atoms with Gasteiger partial charge in [-0.3, -0.25) is 9.59 Å². The zero-order valence-electron chi connectivity index (χ0n) is 10.8. The summed E-state index contributed by atoms with van der Waals surface area (Å²) in [6, 6.07) is 0.106. The highest BCUT2D eigenvalue weighted by atomic mass is 16.5. The van der Waals surface area contributed by atoms with Crippen LogP contribution in [-0.2, 0) is 14.3 Å². The van der Waals surface area contributed by atoms with Gasteiger partial charge in [0.15, 0.2) is 0 Å². The van der Waals surface area contributed by atoms with Crippen molar-refractivity contribution in [2.45, 2.75) is 45.3 Å². The molecule has 1 saturated heterocycles. The molecule has 2 aliphatic heterocycles. The van der Waals surface area contributed by atoms with Crippen molar-refractivity contribution in [1.82, 2.24) is 10.3 Å². The molecule has 0 aromatic heterocycles. The average molecular weight is 253 g/mol. The van der Waals surface area contributed by atoms with E-state index in [0.717, 1.165) is 6.42 Å². The highest BCUT2D eigenvalue weighted by Gasteiger charge is 2.32. The second-order valence-electron chi connectivity index (χ2n) is 4.76. The lowest BCUT2D eigenvalue weighted by atomic mass is 10.1. The maximum atomic E-state index is 12.4. The van der Waals surface area contributed by atoms with Gasteiger partial charge in [-0.1, -0.05) is 6.92 Å².